The van der Waals surface area contributed by atoms with E-state index in [4.69, 9.17) is 0 Å². The number of hydrogen-bond acceptors (Lipinski definition) is 0. The van der Waals surface area contributed by atoms with Crippen molar-refractivity contribution in [1.82, 2.24) is 0 Å². The summed E-state index contributed by atoms with van der Waals surface area (Å²) in [7, 11) is 0.422. The topological polar surface area (TPSA) is 0 Å². The molecule has 0 fully saturated rings. The van der Waals surface area contributed by atoms with Gasteiger partial charge in [0.1, 0.15) is 0 Å². The number of rotatable bonds is 9. The van der Waals surface area contributed by atoms with Crippen molar-refractivity contribution in [2.75, 3.05) is 18.5 Å². The minimum atomic E-state index is 0. The van der Waals surface area contributed by atoms with Gasteiger partial charge in [-0.1, -0.05) is 40.0 Å². The number of halogens is 2. The van der Waals surface area contributed by atoms with Gasteiger partial charge in [0.15, 0.2) is 0 Å². The van der Waals surface area contributed by atoms with E-state index in [2.05, 4.69) is 20.8 Å². The third-order valence-corrected chi connectivity index (χ3v) is 5.33. The molecule has 102 valence electrons. The molecule has 0 radical (unpaired) electrons. The molecule has 16 heavy (non-hydrogen) atoms. The summed E-state index contributed by atoms with van der Waals surface area (Å²) in [4.78, 5) is 0. The van der Waals surface area contributed by atoms with Crippen LogP contribution in [0.5, 0.6) is 0 Å². The molecule has 0 saturated heterocycles. The van der Waals surface area contributed by atoms with Gasteiger partial charge in [-0.3, -0.25) is 0 Å². The maximum absolute atomic E-state index is 2.31. The van der Waals surface area contributed by atoms with Crippen molar-refractivity contribution in [2.45, 2.75) is 59.3 Å². The van der Waals surface area contributed by atoms with E-state index in [0.717, 1.165) is 0 Å². The SMILES string of the molecule is CCCCP(CCCC)CCCC.[Br-].[Br-].[Fe+2]. The third-order valence-electron chi connectivity index (χ3n) is 2.48. The van der Waals surface area contributed by atoms with Gasteiger partial charge in [-0.05, 0) is 37.7 Å². The van der Waals surface area contributed by atoms with Gasteiger partial charge in [0, 0.05) is 0 Å². The molecule has 0 nitrogen and oxygen atoms in total. The molecular formula is C12H27Br2FeP. The van der Waals surface area contributed by atoms with Crippen molar-refractivity contribution >= 4 is 7.92 Å². The summed E-state index contributed by atoms with van der Waals surface area (Å²) < 4.78 is 0. The fourth-order valence-electron chi connectivity index (χ4n) is 1.48. The average molecular weight is 418 g/mol. The average Bonchev–Trinajstić information content (AvgIpc) is 2.17. The zero-order chi connectivity index (χ0) is 9.94. The molecule has 0 aromatic heterocycles. The predicted octanol–water partition coefficient (Wildman–Crippen LogP) is -1.13. The van der Waals surface area contributed by atoms with Crippen LogP contribution in [-0.4, -0.2) is 18.5 Å². The van der Waals surface area contributed by atoms with Crippen LogP contribution in [0.4, 0.5) is 0 Å². The van der Waals surface area contributed by atoms with Gasteiger partial charge >= 0.3 is 17.1 Å². The molecule has 0 N–H and O–H groups in total. The third kappa shape index (κ3) is 18.3. The second-order valence-corrected chi connectivity index (χ2v) is 6.59. The van der Waals surface area contributed by atoms with Crippen molar-refractivity contribution < 1.29 is 51.0 Å². The molecule has 0 aliphatic heterocycles. The molecule has 0 aliphatic rings. The Balaban J connectivity index is -0.000000240. The van der Waals surface area contributed by atoms with Crippen LogP contribution in [0.25, 0.3) is 0 Å². The Morgan fingerprint density at radius 1 is 0.625 bits per heavy atom. The van der Waals surface area contributed by atoms with E-state index in [1.54, 1.807) is 18.5 Å². The minimum absolute atomic E-state index is 0. The maximum atomic E-state index is 2.31. The molecule has 0 spiro atoms. The zero-order valence-electron chi connectivity index (χ0n) is 10.9. The summed E-state index contributed by atoms with van der Waals surface area (Å²) in [5.41, 5.74) is 0. The van der Waals surface area contributed by atoms with Crippen molar-refractivity contribution in [3.05, 3.63) is 0 Å². The summed E-state index contributed by atoms with van der Waals surface area (Å²) in [5.74, 6) is 0. The van der Waals surface area contributed by atoms with Crippen LogP contribution in [0.2, 0.25) is 0 Å². The molecule has 0 rings (SSSR count). The van der Waals surface area contributed by atoms with Crippen LogP contribution in [0.1, 0.15) is 59.3 Å². The summed E-state index contributed by atoms with van der Waals surface area (Å²) in [6.45, 7) is 6.94. The fourth-order valence-corrected chi connectivity index (χ4v) is 4.44. The minimum Gasteiger partial charge on any atom is -1.00 e. The van der Waals surface area contributed by atoms with Crippen LogP contribution in [0.15, 0.2) is 0 Å². The Bertz CT molecular complexity index is 86.0. The fraction of sp³-hybridized carbons (Fsp3) is 1.00. The molecule has 0 atom stereocenters. The molecule has 0 aromatic rings. The van der Waals surface area contributed by atoms with Crippen molar-refractivity contribution in [3.8, 4) is 0 Å². The van der Waals surface area contributed by atoms with Gasteiger partial charge in [0.25, 0.3) is 0 Å². The van der Waals surface area contributed by atoms with Gasteiger partial charge in [0.2, 0.25) is 0 Å². The van der Waals surface area contributed by atoms with Crippen molar-refractivity contribution in [1.29, 1.82) is 0 Å². The molecule has 0 heterocycles. The molecule has 0 amide bonds. The van der Waals surface area contributed by atoms with Crippen LogP contribution < -0.4 is 34.0 Å². The number of hydrogen-bond donors (Lipinski definition) is 0. The second-order valence-electron chi connectivity index (χ2n) is 3.90. The molecule has 0 aliphatic carbocycles. The van der Waals surface area contributed by atoms with E-state index in [-0.39, 0.29) is 51.0 Å². The first-order chi connectivity index (χ1) is 6.35. The normalized spacial score (nSPS) is 9.00. The quantitative estimate of drug-likeness (QED) is 0.329. The van der Waals surface area contributed by atoms with E-state index >= 15 is 0 Å². The largest absolute Gasteiger partial charge is 2.00 e. The van der Waals surface area contributed by atoms with Crippen LogP contribution in [0.3, 0.4) is 0 Å². The molecular weight excluding hydrogens is 391 g/mol. The van der Waals surface area contributed by atoms with E-state index in [1.165, 1.54) is 38.5 Å². The Labute approximate surface area is 136 Å². The van der Waals surface area contributed by atoms with E-state index < -0.39 is 0 Å². The second kappa shape index (κ2) is 22.1. The zero-order valence-corrected chi connectivity index (χ0v) is 16.1. The van der Waals surface area contributed by atoms with Gasteiger partial charge < -0.3 is 34.0 Å². The summed E-state index contributed by atoms with van der Waals surface area (Å²) >= 11 is 0. The van der Waals surface area contributed by atoms with Gasteiger partial charge in [-0.2, -0.15) is 0 Å². The summed E-state index contributed by atoms with van der Waals surface area (Å²) in [5, 5.41) is 0. The molecule has 4 heteroatoms. The van der Waals surface area contributed by atoms with Crippen molar-refractivity contribution in [2.24, 2.45) is 0 Å². The van der Waals surface area contributed by atoms with Crippen LogP contribution in [0, 0.1) is 0 Å². The van der Waals surface area contributed by atoms with E-state index in [1.807, 2.05) is 0 Å². The molecule has 0 saturated carbocycles. The Morgan fingerprint density at radius 3 is 1.06 bits per heavy atom. The first-order valence-corrected chi connectivity index (χ1v) is 7.97. The predicted molar refractivity (Wildman–Crippen MR) is 66.2 cm³/mol. The Hall–Kier alpha value is 1.91. The monoisotopic (exact) mass is 416 g/mol. The van der Waals surface area contributed by atoms with E-state index in [0.29, 0.717) is 7.92 Å². The van der Waals surface area contributed by atoms with E-state index in [9.17, 15) is 0 Å². The Kier molecular flexibility index (Phi) is 36.6. The van der Waals surface area contributed by atoms with Gasteiger partial charge in [-0.15, -0.1) is 7.92 Å². The molecule has 0 bridgehead atoms. The smallest absolute Gasteiger partial charge is 1.00 e. The standard InChI is InChI=1S/C12H27P.2BrH.Fe/c1-4-7-10-13(11-8-5-2)12-9-6-3;;;/h4-12H2,1-3H3;2*1H;/q;;;+2/p-2. The maximum Gasteiger partial charge on any atom is 2.00 e. The molecule has 0 unspecified atom stereocenters. The summed E-state index contributed by atoms with van der Waals surface area (Å²) in [6, 6.07) is 0. The molecule has 0 aromatic carbocycles. The van der Waals surface area contributed by atoms with Crippen molar-refractivity contribution in [3.63, 3.8) is 0 Å². The van der Waals surface area contributed by atoms with Crippen LogP contribution >= 0.6 is 7.92 Å². The number of unbranched alkanes of at least 4 members (excludes halogenated alkanes) is 3. The first-order valence-electron chi connectivity index (χ1n) is 6.07. The van der Waals surface area contributed by atoms with Gasteiger partial charge in [-0.25, -0.2) is 0 Å². The summed E-state index contributed by atoms with van der Waals surface area (Å²) in [6.07, 6.45) is 13.2. The Morgan fingerprint density at radius 2 is 0.875 bits per heavy atom. The first kappa shape index (κ1) is 26.5. The van der Waals surface area contributed by atoms with Gasteiger partial charge in [0.05, 0.1) is 0 Å². The van der Waals surface area contributed by atoms with Crippen LogP contribution in [-0.2, 0) is 17.1 Å².